The van der Waals surface area contributed by atoms with Crippen molar-refractivity contribution < 1.29 is 4.79 Å². The van der Waals surface area contributed by atoms with Gasteiger partial charge in [0.25, 0.3) is 5.91 Å². The number of amides is 1. The summed E-state index contributed by atoms with van der Waals surface area (Å²) in [5, 5.41) is 4.41. The highest BCUT2D eigenvalue weighted by Crippen LogP contribution is 2.19. The van der Waals surface area contributed by atoms with Gasteiger partial charge in [-0.2, -0.15) is 0 Å². The molecule has 0 bridgehead atoms. The molecule has 1 aromatic heterocycles. The predicted molar refractivity (Wildman–Crippen MR) is 68.7 cm³/mol. The lowest BCUT2D eigenvalue weighted by Gasteiger charge is -2.06. The van der Waals surface area contributed by atoms with Crippen LogP contribution in [0.25, 0.3) is 10.8 Å². The topological polar surface area (TPSA) is 68.0 Å². The maximum Gasteiger partial charge on any atom is 0.270 e. The van der Waals surface area contributed by atoms with Crippen molar-refractivity contribution in [3.05, 3.63) is 48.8 Å². The molecule has 1 amide bonds. The van der Waals surface area contributed by atoms with Crippen molar-refractivity contribution in [2.24, 2.45) is 0 Å². The van der Waals surface area contributed by atoms with Crippen LogP contribution in [0, 0.1) is 0 Å². The van der Waals surface area contributed by atoms with E-state index in [1.807, 2.05) is 12.1 Å². The Morgan fingerprint density at radius 2 is 2.29 bits per heavy atom. The van der Waals surface area contributed by atoms with E-state index in [1.54, 1.807) is 24.4 Å². The summed E-state index contributed by atoms with van der Waals surface area (Å²) in [4.78, 5) is 16.0. The maximum absolute atomic E-state index is 11.8. The second-order valence-electron chi connectivity index (χ2n) is 3.64. The number of pyridine rings is 1. The molecule has 0 unspecified atom stereocenters. The summed E-state index contributed by atoms with van der Waals surface area (Å²) in [7, 11) is 0. The molecule has 0 saturated heterocycles. The van der Waals surface area contributed by atoms with Crippen LogP contribution in [0.5, 0.6) is 0 Å². The summed E-state index contributed by atoms with van der Waals surface area (Å²) in [6, 6.07) is 7.21. The fourth-order valence-electron chi connectivity index (χ4n) is 1.63. The Morgan fingerprint density at radius 1 is 1.47 bits per heavy atom. The molecular formula is C13H13N3O. The Bertz CT molecular complexity index is 578. The normalized spacial score (nSPS) is 10.1. The third kappa shape index (κ3) is 2.25. The Balaban J connectivity index is 2.47. The van der Waals surface area contributed by atoms with Gasteiger partial charge in [-0.1, -0.05) is 6.08 Å². The van der Waals surface area contributed by atoms with E-state index in [0.29, 0.717) is 17.9 Å². The summed E-state index contributed by atoms with van der Waals surface area (Å²) in [5.74, 6) is -0.208. The number of nitrogens with zero attached hydrogens (tertiary/aromatic N) is 1. The van der Waals surface area contributed by atoms with Crippen LogP contribution in [0.15, 0.2) is 43.1 Å². The highest BCUT2D eigenvalue weighted by atomic mass is 16.1. The summed E-state index contributed by atoms with van der Waals surface area (Å²) < 4.78 is 0. The van der Waals surface area contributed by atoms with Crippen LogP contribution in [0.3, 0.4) is 0 Å². The Labute approximate surface area is 99.2 Å². The second kappa shape index (κ2) is 4.65. The fraction of sp³-hybridized carbons (Fsp3) is 0.0769. The smallest absolute Gasteiger partial charge is 0.270 e. The molecule has 1 aromatic carbocycles. The number of nitrogens with two attached hydrogens (primary N) is 1. The van der Waals surface area contributed by atoms with Crippen molar-refractivity contribution in [2.75, 3.05) is 12.3 Å². The van der Waals surface area contributed by atoms with E-state index >= 15 is 0 Å². The van der Waals surface area contributed by atoms with E-state index in [9.17, 15) is 4.79 Å². The summed E-state index contributed by atoms with van der Waals surface area (Å²) in [6.07, 6.45) is 3.23. The highest BCUT2D eigenvalue weighted by molar-refractivity contribution is 6.05. The average Bonchev–Trinajstić information content (AvgIpc) is 2.34. The van der Waals surface area contributed by atoms with Gasteiger partial charge >= 0.3 is 0 Å². The summed E-state index contributed by atoms with van der Waals surface area (Å²) in [5.41, 5.74) is 6.77. The number of nitrogen functional groups attached to an aromatic ring is 1. The summed E-state index contributed by atoms with van der Waals surface area (Å²) in [6.45, 7) is 3.97. The lowest BCUT2D eigenvalue weighted by atomic mass is 10.1. The zero-order valence-corrected chi connectivity index (χ0v) is 9.31. The van der Waals surface area contributed by atoms with E-state index in [1.165, 1.54) is 0 Å². The number of hydrogen-bond donors (Lipinski definition) is 2. The molecular weight excluding hydrogens is 214 g/mol. The molecule has 4 nitrogen and oxygen atoms in total. The van der Waals surface area contributed by atoms with Crippen molar-refractivity contribution in [1.82, 2.24) is 10.3 Å². The SMILES string of the molecule is C=CCNC(=O)c1nccc2cc(N)ccc12. The number of nitrogens with one attached hydrogen (secondary N) is 1. The molecule has 0 aliphatic carbocycles. The number of anilines is 1. The molecule has 0 atom stereocenters. The number of rotatable bonds is 3. The van der Waals surface area contributed by atoms with Crippen LogP contribution in [0.4, 0.5) is 5.69 Å². The van der Waals surface area contributed by atoms with Gasteiger partial charge in [-0.05, 0) is 29.7 Å². The highest BCUT2D eigenvalue weighted by Gasteiger charge is 2.10. The van der Waals surface area contributed by atoms with Crippen molar-refractivity contribution in [3.8, 4) is 0 Å². The molecule has 0 spiro atoms. The largest absolute Gasteiger partial charge is 0.399 e. The Hall–Kier alpha value is -2.36. The van der Waals surface area contributed by atoms with E-state index in [4.69, 9.17) is 5.73 Å². The zero-order chi connectivity index (χ0) is 12.3. The van der Waals surface area contributed by atoms with Gasteiger partial charge in [-0.25, -0.2) is 0 Å². The fourth-order valence-corrected chi connectivity index (χ4v) is 1.63. The van der Waals surface area contributed by atoms with Gasteiger partial charge < -0.3 is 11.1 Å². The van der Waals surface area contributed by atoms with Crippen LogP contribution >= 0.6 is 0 Å². The number of carbonyl (C=O) groups excluding carboxylic acids is 1. The summed E-state index contributed by atoms with van der Waals surface area (Å²) >= 11 is 0. The first-order valence-corrected chi connectivity index (χ1v) is 5.25. The van der Waals surface area contributed by atoms with E-state index in [0.717, 1.165) is 10.8 Å². The van der Waals surface area contributed by atoms with Crippen LogP contribution in [-0.2, 0) is 0 Å². The molecule has 0 aliphatic heterocycles. The number of fused-ring (bicyclic) bond motifs is 1. The molecule has 17 heavy (non-hydrogen) atoms. The molecule has 3 N–H and O–H groups in total. The first kappa shape index (κ1) is 11.1. The van der Waals surface area contributed by atoms with Crippen LogP contribution in [-0.4, -0.2) is 17.4 Å². The van der Waals surface area contributed by atoms with Gasteiger partial charge in [0.1, 0.15) is 5.69 Å². The monoisotopic (exact) mass is 227 g/mol. The third-order valence-electron chi connectivity index (χ3n) is 2.41. The van der Waals surface area contributed by atoms with E-state index < -0.39 is 0 Å². The molecule has 2 aromatic rings. The number of aromatic nitrogens is 1. The number of carbonyl (C=O) groups is 1. The van der Waals surface area contributed by atoms with Crippen LogP contribution < -0.4 is 11.1 Å². The first-order valence-electron chi connectivity index (χ1n) is 5.25. The molecule has 0 aliphatic rings. The zero-order valence-electron chi connectivity index (χ0n) is 9.31. The van der Waals surface area contributed by atoms with Gasteiger partial charge in [-0.15, -0.1) is 6.58 Å². The molecule has 1 heterocycles. The third-order valence-corrected chi connectivity index (χ3v) is 2.41. The van der Waals surface area contributed by atoms with Gasteiger partial charge in [-0.3, -0.25) is 9.78 Å². The molecule has 0 fully saturated rings. The maximum atomic E-state index is 11.8. The second-order valence-corrected chi connectivity index (χ2v) is 3.64. The van der Waals surface area contributed by atoms with Crippen molar-refractivity contribution >= 4 is 22.4 Å². The minimum Gasteiger partial charge on any atom is -0.399 e. The van der Waals surface area contributed by atoms with Crippen molar-refractivity contribution in [1.29, 1.82) is 0 Å². The lowest BCUT2D eigenvalue weighted by Crippen LogP contribution is -2.24. The van der Waals surface area contributed by atoms with Crippen LogP contribution in [0.1, 0.15) is 10.5 Å². The van der Waals surface area contributed by atoms with Gasteiger partial charge in [0, 0.05) is 23.8 Å². The van der Waals surface area contributed by atoms with Gasteiger partial charge in [0.05, 0.1) is 0 Å². The lowest BCUT2D eigenvalue weighted by molar-refractivity contribution is 0.0955. The number of hydrogen-bond acceptors (Lipinski definition) is 3. The Kier molecular flexibility index (Phi) is 3.05. The quantitative estimate of drug-likeness (QED) is 0.620. The molecule has 4 heteroatoms. The van der Waals surface area contributed by atoms with Gasteiger partial charge in [0.2, 0.25) is 0 Å². The van der Waals surface area contributed by atoms with Crippen molar-refractivity contribution in [3.63, 3.8) is 0 Å². The van der Waals surface area contributed by atoms with Crippen LogP contribution in [0.2, 0.25) is 0 Å². The minimum atomic E-state index is -0.208. The minimum absolute atomic E-state index is 0.208. The Morgan fingerprint density at radius 3 is 3.06 bits per heavy atom. The van der Waals surface area contributed by atoms with Crippen molar-refractivity contribution in [2.45, 2.75) is 0 Å². The van der Waals surface area contributed by atoms with E-state index in [2.05, 4.69) is 16.9 Å². The first-order chi connectivity index (χ1) is 8.22. The van der Waals surface area contributed by atoms with Gasteiger partial charge in [0.15, 0.2) is 0 Å². The van der Waals surface area contributed by atoms with E-state index in [-0.39, 0.29) is 5.91 Å². The number of benzene rings is 1. The molecule has 0 saturated carbocycles. The molecule has 86 valence electrons. The standard InChI is InChI=1S/C13H13N3O/c1-2-6-16-13(17)12-11-4-3-10(14)8-9(11)5-7-15-12/h2-5,7-8H,1,6,14H2,(H,16,17). The predicted octanol–water partition coefficient (Wildman–Crippen LogP) is 1.73. The average molecular weight is 227 g/mol. The molecule has 2 rings (SSSR count). The molecule has 0 radical (unpaired) electrons.